The van der Waals surface area contributed by atoms with E-state index >= 15 is 0 Å². The van der Waals surface area contributed by atoms with E-state index in [0.717, 1.165) is 26.0 Å². The van der Waals surface area contributed by atoms with Crippen LogP contribution >= 0.6 is 15.9 Å². The summed E-state index contributed by atoms with van der Waals surface area (Å²) in [5.41, 5.74) is 0. The zero-order valence-corrected chi connectivity index (χ0v) is 13.5. The Hall–Kier alpha value is -0.0900. The molecule has 3 nitrogen and oxygen atoms in total. The lowest BCUT2D eigenvalue weighted by atomic mass is 9.80. The number of nitrogens with one attached hydrogen (secondary N) is 1. The van der Waals surface area contributed by atoms with Crippen LogP contribution in [0.1, 0.15) is 51.9 Å². The fourth-order valence-electron chi connectivity index (χ4n) is 3.13. The van der Waals surface area contributed by atoms with Crippen molar-refractivity contribution in [3.8, 4) is 0 Å². The Morgan fingerprint density at radius 2 is 1.89 bits per heavy atom. The van der Waals surface area contributed by atoms with Crippen molar-refractivity contribution in [3.05, 3.63) is 0 Å². The smallest absolute Gasteiger partial charge is 0.220 e. The number of halogens is 1. The maximum Gasteiger partial charge on any atom is 0.220 e. The van der Waals surface area contributed by atoms with Crippen molar-refractivity contribution < 1.29 is 9.53 Å². The highest BCUT2D eigenvalue weighted by molar-refractivity contribution is 9.09. The normalized spacial score (nSPS) is 34.6. The maximum absolute atomic E-state index is 11.9. The van der Waals surface area contributed by atoms with Gasteiger partial charge in [-0.2, -0.15) is 0 Å². The molecule has 1 amide bonds. The molecular formula is C15H26BrNO2. The van der Waals surface area contributed by atoms with Crippen LogP contribution in [-0.2, 0) is 9.53 Å². The lowest BCUT2D eigenvalue weighted by Gasteiger charge is -2.34. The lowest BCUT2D eigenvalue weighted by Crippen LogP contribution is -2.37. The molecule has 0 unspecified atom stereocenters. The monoisotopic (exact) mass is 331 g/mol. The van der Waals surface area contributed by atoms with E-state index in [4.69, 9.17) is 4.74 Å². The van der Waals surface area contributed by atoms with E-state index in [0.29, 0.717) is 29.2 Å². The Bertz CT molecular complexity index is 284. The SMILES string of the molecule is CCOC1CC(CC(=O)NCC2CCC(Br)CC2)C1. The van der Waals surface area contributed by atoms with Crippen LogP contribution in [-0.4, -0.2) is 30.0 Å². The molecule has 2 fully saturated rings. The summed E-state index contributed by atoms with van der Waals surface area (Å²) < 4.78 is 5.52. The molecule has 0 aromatic carbocycles. The highest BCUT2D eigenvalue weighted by atomic mass is 79.9. The van der Waals surface area contributed by atoms with Gasteiger partial charge in [-0.1, -0.05) is 15.9 Å². The molecule has 2 rings (SSSR count). The molecule has 1 N–H and O–H groups in total. The molecule has 0 atom stereocenters. The van der Waals surface area contributed by atoms with Gasteiger partial charge in [0, 0.05) is 24.4 Å². The highest BCUT2D eigenvalue weighted by Crippen LogP contribution is 2.32. The molecule has 19 heavy (non-hydrogen) atoms. The molecule has 0 aromatic rings. The van der Waals surface area contributed by atoms with Crippen LogP contribution in [0.5, 0.6) is 0 Å². The van der Waals surface area contributed by atoms with Crippen molar-refractivity contribution in [1.29, 1.82) is 0 Å². The van der Waals surface area contributed by atoms with Gasteiger partial charge in [0.1, 0.15) is 0 Å². The van der Waals surface area contributed by atoms with E-state index in [1.165, 1.54) is 25.7 Å². The van der Waals surface area contributed by atoms with E-state index in [1.54, 1.807) is 0 Å². The van der Waals surface area contributed by atoms with Gasteiger partial charge in [0.2, 0.25) is 5.91 Å². The first-order chi connectivity index (χ1) is 9.17. The third kappa shape index (κ3) is 5.07. The summed E-state index contributed by atoms with van der Waals surface area (Å²) in [5.74, 6) is 1.48. The molecular weight excluding hydrogens is 306 g/mol. The molecule has 0 bridgehead atoms. The number of hydrogen-bond acceptors (Lipinski definition) is 2. The van der Waals surface area contributed by atoms with Crippen molar-refractivity contribution >= 4 is 21.8 Å². The van der Waals surface area contributed by atoms with Gasteiger partial charge in [-0.15, -0.1) is 0 Å². The quantitative estimate of drug-likeness (QED) is 0.758. The number of amides is 1. The van der Waals surface area contributed by atoms with Crippen molar-refractivity contribution in [2.75, 3.05) is 13.2 Å². The summed E-state index contributed by atoms with van der Waals surface area (Å²) in [7, 11) is 0. The molecule has 0 aromatic heterocycles. The lowest BCUT2D eigenvalue weighted by molar-refractivity contribution is -0.124. The van der Waals surface area contributed by atoms with Crippen LogP contribution in [0.2, 0.25) is 0 Å². The minimum atomic E-state index is 0.237. The number of carbonyl (C=O) groups is 1. The predicted molar refractivity (Wildman–Crippen MR) is 80.4 cm³/mol. The first kappa shape index (κ1) is 15.3. The molecule has 0 radical (unpaired) electrons. The van der Waals surface area contributed by atoms with E-state index < -0.39 is 0 Å². The number of ether oxygens (including phenoxy) is 1. The summed E-state index contributed by atoms with van der Waals surface area (Å²) in [6.45, 7) is 3.70. The largest absolute Gasteiger partial charge is 0.378 e. The third-order valence-corrected chi connectivity index (χ3v) is 5.35. The van der Waals surface area contributed by atoms with Crippen LogP contribution in [0, 0.1) is 11.8 Å². The maximum atomic E-state index is 11.9. The van der Waals surface area contributed by atoms with Gasteiger partial charge in [-0.3, -0.25) is 4.79 Å². The van der Waals surface area contributed by atoms with Gasteiger partial charge in [0.25, 0.3) is 0 Å². The van der Waals surface area contributed by atoms with Crippen LogP contribution in [0.15, 0.2) is 0 Å². The molecule has 2 aliphatic rings. The fraction of sp³-hybridized carbons (Fsp3) is 0.933. The molecule has 110 valence electrons. The first-order valence-corrected chi connectivity index (χ1v) is 8.61. The van der Waals surface area contributed by atoms with Gasteiger partial charge in [-0.25, -0.2) is 0 Å². The Morgan fingerprint density at radius 3 is 2.53 bits per heavy atom. The van der Waals surface area contributed by atoms with Crippen LogP contribution in [0.25, 0.3) is 0 Å². The Balaban J connectivity index is 1.53. The second kappa shape index (κ2) is 7.63. The minimum absolute atomic E-state index is 0.237. The van der Waals surface area contributed by atoms with Gasteiger partial charge in [-0.05, 0) is 57.3 Å². The second-order valence-electron chi connectivity index (χ2n) is 6.04. The standard InChI is InChI=1S/C15H26BrNO2/c1-2-19-14-7-12(8-14)9-15(18)17-10-11-3-5-13(16)6-4-11/h11-14H,2-10H2,1H3,(H,17,18). The summed E-state index contributed by atoms with van der Waals surface area (Å²) in [4.78, 5) is 12.6. The average molecular weight is 332 g/mol. The molecule has 0 spiro atoms. The summed E-state index contributed by atoms with van der Waals surface area (Å²) >= 11 is 3.66. The Morgan fingerprint density at radius 1 is 1.21 bits per heavy atom. The Labute approximate surface area is 125 Å². The van der Waals surface area contributed by atoms with Gasteiger partial charge >= 0.3 is 0 Å². The number of hydrogen-bond donors (Lipinski definition) is 1. The van der Waals surface area contributed by atoms with Crippen LogP contribution in [0.3, 0.4) is 0 Å². The molecule has 2 saturated carbocycles. The zero-order chi connectivity index (χ0) is 13.7. The number of rotatable bonds is 6. The summed E-state index contributed by atoms with van der Waals surface area (Å²) in [6.07, 6.45) is 8.22. The van der Waals surface area contributed by atoms with Crippen molar-refractivity contribution in [2.45, 2.75) is 62.8 Å². The summed E-state index contributed by atoms with van der Waals surface area (Å²) in [6, 6.07) is 0. The summed E-state index contributed by atoms with van der Waals surface area (Å²) in [5, 5.41) is 3.12. The van der Waals surface area contributed by atoms with E-state index in [9.17, 15) is 4.79 Å². The predicted octanol–water partition coefficient (Wildman–Crippen LogP) is 3.26. The van der Waals surface area contributed by atoms with E-state index in [2.05, 4.69) is 21.2 Å². The second-order valence-corrected chi connectivity index (χ2v) is 7.34. The fourth-order valence-corrected chi connectivity index (χ4v) is 3.66. The van der Waals surface area contributed by atoms with Crippen molar-refractivity contribution in [2.24, 2.45) is 11.8 Å². The first-order valence-electron chi connectivity index (χ1n) is 7.69. The minimum Gasteiger partial charge on any atom is -0.378 e. The van der Waals surface area contributed by atoms with Crippen molar-refractivity contribution in [3.63, 3.8) is 0 Å². The Kier molecular flexibility index (Phi) is 6.14. The highest BCUT2D eigenvalue weighted by Gasteiger charge is 2.31. The average Bonchev–Trinajstić information content (AvgIpc) is 2.36. The van der Waals surface area contributed by atoms with Crippen LogP contribution in [0.4, 0.5) is 0 Å². The molecule has 4 heteroatoms. The molecule has 2 aliphatic carbocycles. The molecule has 0 heterocycles. The third-order valence-electron chi connectivity index (χ3n) is 4.43. The number of alkyl halides is 1. The van der Waals surface area contributed by atoms with Gasteiger partial charge in [0.15, 0.2) is 0 Å². The number of carbonyl (C=O) groups excluding carboxylic acids is 1. The topological polar surface area (TPSA) is 38.3 Å². The van der Waals surface area contributed by atoms with E-state index in [-0.39, 0.29) is 5.91 Å². The molecule has 0 aliphatic heterocycles. The van der Waals surface area contributed by atoms with Crippen LogP contribution < -0.4 is 5.32 Å². The molecule has 0 saturated heterocycles. The van der Waals surface area contributed by atoms with Gasteiger partial charge in [0.05, 0.1) is 6.10 Å². The van der Waals surface area contributed by atoms with Crippen molar-refractivity contribution in [1.82, 2.24) is 5.32 Å². The van der Waals surface area contributed by atoms with Gasteiger partial charge < -0.3 is 10.1 Å². The van der Waals surface area contributed by atoms with E-state index in [1.807, 2.05) is 6.92 Å². The zero-order valence-electron chi connectivity index (χ0n) is 11.9.